The minimum atomic E-state index is -1.13. The Kier molecular flexibility index (Phi) is 3.45. The van der Waals surface area contributed by atoms with Gasteiger partial charge in [0, 0.05) is 19.4 Å². The van der Waals surface area contributed by atoms with Crippen LogP contribution in [0.25, 0.3) is 0 Å². The minimum Gasteiger partial charge on any atom is -0.394 e. The molecular formula is C8H15N3O3. The van der Waals surface area contributed by atoms with Crippen molar-refractivity contribution in [1.82, 2.24) is 9.55 Å². The topological polar surface area (TPSA) is 90.5 Å². The number of rotatable bonds is 5. The first-order valence-corrected chi connectivity index (χ1v) is 4.25. The van der Waals surface area contributed by atoms with E-state index in [1.54, 1.807) is 24.0 Å². The Morgan fingerprint density at radius 1 is 1.36 bits per heavy atom. The molecule has 0 aliphatic rings. The molecule has 1 heterocycles. The largest absolute Gasteiger partial charge is 0.394 e. The fourth-order valence-corrected chi connectivity index (χ4v) is 0.992. The van der Waals surface area contributed by atoms with E-state index >= 15 is 0 Å². The SMILES string of the molecule is Cn1ccnc1NC(CO)(CO)CO. The van der Waals surface area contributed by atoms with Gasteiger partial charge in [0.25, 0.3) is 0 Å². The summed E-state index contributed by atoms with van der Waals surface area (Å²) in [5.41, 5.74) is -1.13. The summed E-state index contributed by atoms with van der Waals surface area (Å²) in [6.45, 7) is -1.10. The molecule has 0 amide bonds. The molecular weight excluding hydrogens is 186 g/mol. The predicted molar refractivity (Wildman–Crippen MR) is 50.8 cm³/mol. The Bertz CT molecular complexity index is 275. The zero-order valence-corrected chi connectivity index (χ0v) is 8.01. The lowest BCUT2D eigenvalue weighted by Crippen LogP contribution is -2.49. The highest BCUT2D eigenvalue weighted by molar-refractivity contribution is 5.30. The highest BCUT2D eigenvalue weighted by Crippen LogP contribution is 2.11. The van der Waals surface area contributed by atoms with Crippen LogP contribution >= 0.6 is 0 Å². The number of aryl methyl sites for hydroxylation is 1. The number of hydrogen-bond donors (Lipinski definition) is 4. The summed E-state index contributed by atoms with van der Waals surface area (Å²) >= 11 is 0. The molecule has 1 rings (SSSR count). The van der Waals surface area contributed by atoms with Crippen molar-refractivity contribution in [2.45, 2.75) is 5.54 Å². The van der Waals surface area contributed by atoms with Crippen molar-refractivity contribution in [2.75, 3.05) is 25.1 Å². The molecule has 0 atom stereocenters. The number of aliphatic hydroxyl groups is 3. The maximum Gasteiger partial charge on any atom is 0.203 e. The van der Waals surface area contributed by atoms with Crippen LogP contribution in [-0.2, 0) is 7.05 Å². The fraction of sp³-hybridized carbons (Fsp3) is 0.625. The quantitative estimate of drug-likeness (QED) is 0.468. The zero-order valence-electron chi connectivity index (χ0n) is 8.01. The molecule has 6 heteroatoms. The molecule has 1 aromatic rings. The van der Waals surface area contributed by atoms with E-state index in [2.05, 4.69) is 10.3 Å². The summed E-state index contributed by atoms with van der Waals surface area (Å²) in [6.07, 6.45) is 3.30. The van der Waals surface area contributed by atoms with Crippen LogP contribution in [-0.4, -0.2) is 50.2 Å². The number of anilines is 1. The van der Waals surface area contributed by atoms with Gasteiger partial charge in [-0.3, -0.25) is 0 Å². The second-order valence-corrected chi connectivity index (χ2v) is 3.24. The lowest BCUT2D eigenvalue weighted by Gasteiger charge is -2.28. The van der Waals surface area contributed by atoms with Crippen molar-refractivity contribution in [3.05, 3.63) is 12.4 Å². The van der Waals surface area contributed by atoms with Crippen LogP contribution in [0.3, 0.4) is 0 Å². The number of nitrogens with zero attached hydrogens (tertiary/aromatic N) is 2. The summed E-state index contributed by atoms with van der Waals surface area (Å²) in [5, 5.41) is 29.9. The Morgan fingerprint density at radius 2 is 1.93 bits per heavy atom. The van der Waals surface area contributed by atoms with Crippen LogP contribution < -0.4 is 5.32 Å². The van der Waals surface area contributed by atoms with E-state index in [9.17, 15) is 0 Å². The summed E-state index contributed by atoms with van der Waals surface area (Å²) in [6, 6.07) is 0. The first kappa shape index (κ1) is 11.0. The van der Waals surface area contributed by atoms with Crippen molar-refractivity contribution in [1.29, 1.82) is 0 Å². The molecule has 4 N–H and O–H groups in total. The van der Waals surface area contributed by atoms with Gasteiger partial charge in [-0.15, -0.1) is 0 Å². The maximum atomic E-state index is 9.05. The van der Waals surface area contributed by atoms with Crippen molar-refractivity contribution >= 4 is 5.95 Å². The molecule has 0 aliphatic heterocycles. The number of hydrogen-bond acceptors (Lipinski definition) is 5. The van der Waals surface area contributed by atoms with E-state index in [0.29, 0.717) is 5.95 Å². The highest BCUT2D eigenvalue weighted by Gasteiger charge is 2.28. The fourth-order valence-electron chi connectivity index (χ4n) is 0.992. The van der Waals surface area contributed by atoms with Gasteiger partial charge in [0.05, 0.1) is 19.8 Å². The van der Waals surface area contributed by atoms with Gasteiger partial charge in [-0.1, -0.05) is 0 Å². The Hall–Kier alpha value is -1.11. The molecule has 0 bridgehead atoms. The van der Waals surface area contributed by atoms with Crippen LogP contribution in [0.5, 0.6) is 0 Å². The third kappa shape index (κ3) is 2.03. The lowest BCUT2D eigenvalue weighted by molar-refractivity contribution is 0.0826. The second-order valence-electron chi connectivity index (χ2n) is 3.24. The summed E-state index contributed by atoms with van der Waals surface area (Å²) in [5.74, 6) is 0.488. The van der Waals surface area contributed by atoms with Gasteiger partial charge in [0.2, 0.25) is 5.95 Å². The number of aliphatic hydroxyl groups excluding tert-OH is 3. The molecule has 0 radical (unpaired) electrons. The summed E-state index contributed by atoms with van der Waals surface area (Å²) in [4.78, 5) is 3.96. The Balaban J connectivity index is 2.79. The summed E-state index contributed by atoms with van der Waals surface area (Å²) in [7, 11) is 1.77. The van der Waals surface area contributed by atoms with Gasteiger partial charge in [0.15, 0.2) is 0 Å². The smallest absolute Gasteiger partial charge is 0.203 e. The van der Waals surface area contributed by atoms with Crippen LogP contribution in [0.15, 0.2) is 12.4 Å². The van der Waals surface area contributed by atoms with Crippen molar-refractivity contribution in [3.63, 3.8) is 0 Å². The van der Waals surface area contributed by atoms with Crippen molar-refractivity contribution in [3.8, 4) is 0 Å². The average molecular weight is 201 g/mol. The average Bonchev–Trinajstić information content (AvgIpc) is 2.61. The van der Waals surface area contributed by atoms with Gasteiger partial charge >= 0.3 is 0 Å². The molecule has 0 spiro atoms. The molecule has 0 saturated carbocycles. The van der Waals surface area contributed by atoms with Crippen LogP contribution in [0.1, 0.15) is 0 Å². The molecule has 0 aromatic carbocycles. The van der Waals surface area contributed by atoms with E-state index in [1.165, 1.54) is 0 Å². The van der Waals surface area contributed by atoms with Crippen LogP contribution in [0, 0.1) is 0 Å². The molecule has 6 nitrogen and oxygen atoms in total. The van der Waals surface area contributed by atoms with E-state index in [-0.39, 0.29) is 19.8 Å². The maximum absolute atomic E-state index is 9.05. The van der Waals surface area contributed by atoms with Gasteiger partial charge in [-0.05, 0) is 0 Å². The van der Waals surface area contributed by atoms with Crippen molar-refractivity contribution in [2.24, 2.45) is 7.05 Å². The van der Waals surface area contributed by atoms with Gasteiger partial charge < -0.3 is 25.2 Å². The second kappa shape index (κ2) is 4.41. The third-order valence-corrected chi connectivity index (χ3v) is 2.11. The van der Waals surface area contributed by atoms with Crippen LogP contribution in [0.2, 0.25) is 0 Å². The minimum absolute atomic E-state index is 0.368. The van der Waals surface area contributed by atoms with Gasteiger partial charge in [-0.2, -0.15) is 0 Å². The normalized spacial score (nSPS) is 11.7. The number of nitrogens with one attached hydrogen (secondary N) is 1. The molecule has 80 valence electrons. The van der Waals surface area contributed by atoms with E-state index in [1.807, 2.05) is 0 Å². The van der Waals surface area contributed by atoms with Gasteiger partial charge in [0.1, 0.15) is 5.54 Å². The molecule has 1 aromatic heterocycles. The van der Waals surface area contributed by atoms with E-state index < -0.39 is 5.54 Å². The van der Waals surface area contributed by atoms with E-state index in [4.69, 9.17) is 15.3 Å². The van der Waals surface area contributed by atoms with Crippen LogP contribution in [0.4, 0.5) is 5.95 Å². The lowest BCUT2D eigenvalue weighted by atomic mass is 10.0. The van der Waals surface area contributed by atoms with Gasteiger partial charge in [-0.25, -0.2) is 4.98 Å². The molecule has 0 fully saturated rings. The molecule has 14 heavy (non-hydrogen) atoms. The van der Waals surface area contributed by atoms with Crippen molar-refractivity contribution < 1.29 is 15.3 Å². The van der Waals surface area contributed by atoms with E-state index in [0.717, 1.165) is 0 Å². The third-order valence-electron chi connectivity index (χ3n) is 2.11. The monoisotopic (exact) mass is 201 g/mol. The molecule has 0 unspecified atom stereocenters. The predicted octanol–water partition coefficient (Wildman–Crippen LogP) is -1.45. The first-order valence-electron chi connectivity index (χ1n) is 4.25. The standard InChI is InChI=1S/C8H15N3O3/c1-11-3-2-9-7(11)10-8(4-12,5-13)6-14/h2-3,12-14H,4-6H2,1H3,(H,9,10). The summed E-state index contributed by atoms with van der Waals surface area (Å²) < 4.78 is 1.69. The first-order chi connectivity index (χ1) is 6.67. The molecule has 0 aliphatic carbocycles. The Labute approximate surface area is 81.8 Å². The number of aromatic nitrogens is 2. The Morgan fingerprint density at radius 3 is 2.29 bits per heavy atom. The number of imidazole rings is 1. The highest BCUT2D eigenvalue weighted by atomic mass is 16.3. The molecule has 0 saturated heterocycles. The zero-order chi connectivity index (χ0) is 10.6.